The van der Waals surface area contributed by atoms with Gasteiger partial charge in [-0.3, -0.25) is 4.57 Å². The molecule has 0 aliphatic carbocycles. The zero-order valence-corrected chi connectivity index (χ0v) is 13.5. The van der Waals surface area contributed by atoms with Crippen LogP contribution in [0, 0.1) is 0 Å². The fourth-order valence-electron chi connectivity index (χ4n) is 2.19. The summed E-state index contributed by atoms with van der Waals surface area (Å²) in [7, 11) is 1.08. The number of likely N-dealkylation sites (N-methyl/N-ethyl adjacent to an activating group) is 1. The minimum atomic E-state index is -4.77. The van der Waals surface area contributed by atoms with Gasteiger partial charge in [-0.2, -0.15) is 0 Å². The topological polar surface area (TPSA) is 69.6 Å². The van der Waals surface area contributed by atoms with Gasteiger partial charge in [0.1, 0.15) is 12.6 Å². The van der Waals surface area contributed by atoms with Crippen LogP contribution in [0.1, 0.15) is 30.6 Å². The molecule has 0 fully saturated rings. The van der Waals surface area contributed by atoms with Crippen LogP contribution in [0.15, 0.2) is 24.3 Å². The van der Waals surface area contributed by atoms with E-state index in [2.05, 4.69) is 6.92 Å². The van der Waals surface area contributed by atoms with E-state index in [-0.39, 0.29) is 0 Å². The Kier molecular flexibility index (Phi) is 5.92. The first-order valence-corrected chi connectivity index (χ1v) is 8.22. The molecule has 5 nitrogen and oxygen atoms in total. The highest BCUT2D eigenvalue weighted by molar-refractivity contribution is 7.44. The summed E-state index contributed by atoms with van der Waals surface area (Å²) in [5, 5.41) is 0. The van der Waals surface area contributed by atoms with Crippen LogP contribution in [0.5, 0.6) is 0 Å². The summed E-state index contributed by atoms with van der Waals surface area (Å²) in [6, 6.07) is 7.61. The minimum absolute atomic E-state index is 0.452. The third-order valence-corrected chi connectivity index (χ3v) is 3.42. The second kappa shape index (κ2) is 6.83. The number of benzene rings is 1. The number of aryl methyl sites for hydroxylation is 1. The fourth-order valence-corrected chi connectivity index (χ4v) is 2.69. The molecule has 0 aromatic heterocycles. The van der Waals surface area contributed by atoms with Gasteiger partial charge >= 0.3 is 0 Å². The molecule has 0 saturated heterocycles. The van der Waals surface area contributed by atoms with Gasteiger partial charge in [-0.15, -0.1) is 0 Å². The molecular weight excluding hydrogens is 277 g/mol. The lowest BCUT2D eigenvalue weighted by Gasteiger charge is -2.32. The maximum atomic E-state index is 11.1. The van der Waals surface area contributed by atoms with Crippen molar-refractivity contribution in [1.29, 1.82) is 0 Å². The third kappa shape index (κ3) is 6.16. The van der Waals surface area contributed by atoms with Crippen LogP contribution in [-0.4, -0.2) is 37.1 Å². The lowest BCUT2D eigenvalue weighted by atomic mass is 9.98. The number of hydrogen-bond donors (Lipinski definition) is 1. The third-order valence-electron chi connectivity index (χ3n) is 2.90. The first kappa shape index (κ1) is 17.3. The van der Waals surface area contributed by atoms with Gasteiger partial charge in [0.25, 0.3) is 7.82 Å². The molecule has 0 aliphatic heterocycles. The van der Waals surface area contributed by atoms with Crippen LogP contribution in [-0.2, 0) is 15.5 Å². The van der Waals surface area contributed by atoms with E-state index < -0.39 is 13.9 Å². The van der Waals surface area contributed by atoms with Crippen LogP contribution >= 0.6 is 7.82 Å². The van der Waals surface area contributed by atoms with E-state index in [1.807, 2.05) is 45.4 Å². The van der Waals surface area contributed by atoms with Gasteiger partial charge in [0, 0.05) is 0 Å². The van der Waals surface area contributed by atoms with Gasteiger partial charge in [-0.1, -0.05) is 37.6 Å². The standard InChI is InChI=1S/C14H24NO4P/c1-5-8-12-9-6-7-10-13(12)14(11-15(2,3)4)19-20(16,17)18/h6-7,9-10,14H,5,8,11H2,1-4H3,(H-,16,17,18). The van der Waals surface area contributed by atoms with Crippen molar-refractivity contribution in [3.8, 4) is 0 Å². The molecule has 0 saturated carbocycles. The molecule has 6 heteroatoms. The molecular formula is C14H24NO4P. The summed E-state index contributed by atoms with van der Waals surface area (Å²) in [6.07, 6.45) is 1.13. The highest BCUT2D eigenvalue weighted by Crippen LogP contribution is 2.40. The quantitative estimate of drug-likeness (QED) is 0.616. The van der Waals surface area contributed by atoms with E-state index in [9.17, 15) is 9.46 Å². The second-order valence-electron chi connectivity index (χ2n) is 5.98. The maximum Gasteiger partial charge on any atom is 0.266 e. The summed E-state index contributed by atoms with van der Waals surface area (Å²) in [5.74, 6) is 0. The van der Waals surface area contributed by atoms with E-state index in [4.69, 9.17) is 9.42 Å². The smallest absolute Gasteiger partial charge is 0.266 e. The molecule has 0 aliphatic rings. The van der Waals surface area contributed by atoms with E-state index in [1.54, 1.807) is 0 Å². The summed E-state index contributed by atoms with van der Waals surface area (Å²) in [6.45, 7) is 2.52. The van der Waals surface area contributed by atoms with Crippen molar-refractivity contribution in [2.45, 2.75) is 25.9 Å². The molecule has 2 atom stereocenters. The average molecular weight is 301 g/mol. The van der Waals surface area contributed by atoms with E-state index in [0.717, 1.165) is 24.0 Å². The number of quaternary nitrogens is 1. The molecule has 1 aromatic carbocycles. The number of rotatable bonds is 7. The lowest BCUT2D eigenvalue weighted by Crippen LogP contribution is -2.39. The minimum Gasteiger partial charge on any atom is -0.756 e. The lowest BCUT2D eigenvalue weighted by molar-refractivity contribution is -0.874. The van der Waals surface area contributed by atoms with Crippen molar-refractivity contribution in [3.05, 3.63) is 35.4 Å². The molecule has 0 spiro atoms. The molecule has 0 radical (unpaired) electrons. The van der Waals surface area contributed by atoms with Gasteiger partial charge in [0.2, 0.25) is 0 Å². The largest absolute Gasteiger partial charge is 0.756 e. The van der Waals surface area contributed by atoms with Crippen molar-refractivity contribution in [2.75, 3.05) is 27.7 Å². The molecule has 2 unspecified atom stereocenters. The maximum absolute atomic E-state index is 11.1. The van der Waals surface area contributed by atoms with E-state index in [1.165, 1.54) is 0 Å². The normalized spacial score (nSPS) is 16.7. The summed E-state index contributed by atoms with van der Waals surface area (Å²) < 4.78 is 16.6. The Balaban J connectivity index is 3.12. The zero-order chi connectivity index (χ0) is 15.4. The SMILES string of the molecule is CCCc1ccccc1C(C[N+](C)(C)C)OP(=O)([O-])O. The Morgan fingerprint density at radius 3 is 2.45 bits per heavy atom. The molecule has 1 aromatic rings. The molecule has 1 rings (SSSR count). The van der Waals surface area contributed by atoms with Gasteiger partial charge in [0.15, 0.2) is 0 Å². The van der Waals surface area contributed by atoms with Gasteiger partial charge < -0.3 is 18.8 Å². The van der Waals surface area contributed by atoms with Gasteiger partial charge in [-0.05, 0) is 17.5 Å². The summed E-state index contributed by atoms with van der Waals surface area (Å²) in [5.41, 5.74) is 1.88. The Hall–Kier alpha value is -0.710. The Morgan fingerprint density at radius 2 is 1.95 bits per heavy atom. The first-order chi connectivity index (χ1) is 9.12. The van der Waals surface area contributed by atoms with Crippen LogP contribution in [0.4, 0.5) is 0 Å². The van der Waals surface area contributed by atoms with Crippen LogP contribution < -0.4 is 4.89 Å². The highest BCUT2D eigenvalue weighted by Gasteiger charge is 2.26. The average Bonchev–Trinajstić information content (AvgIpc) is 2.25. The van der Waals surface area contributed by atoms with Crippen LogP contribution in [0.25, 0.3) is 0 Å². The monoisotopic (exact) mass is 301 g/mol. The van der Waals surface area contributed by atoms with Crippen molar-refractivity contribution in [1.82, 2.24) is 0 Å². The number of phosphoric acid groups is 1. The summed E-state index contributed by atoms with van der Waals surface area (Å²) in [4.78, 5) is 20.2. The predicted molar refractivity (Wildman–Crippen MR) is 77.0 cm³/mol. The Bertz CT molecular complexity index is 478. The van der Waals surface area contributed by atoms with Crippen molar-refractivity contribution in [2.24, 2.45) is 0 Å². The fraction of sp³-hybridized carbons (Fsp3) is 0.571. The second-order valence-corrected chi connectivity index (χ2v) is 7.13. The van der Waals surface area contributed by atoms with Crippen molar-refractivity contribution < 1.29 is 23.4 Å². The highest BCUT2D eigenvalue weighted by atomic mass is 31.2. The van der Waals surface area contributed by atoms with Crippen LogP contribution in [0.2, 0.25) is 0 Å². The van der Waals surface area contributed by atoms with Crippen LogP contribution in [0.3, 0.4) is 0 Å². The number of phosphoric ester groups is 1. The molecule has 20 heavy (non-hydrogen) atoms. The Morgan fingerprint density at radius 1 is 1.35 bits per heavy atom. The van der Waals surface area contributed by atoms with Gasteiger partial charge in [0.05, 0.1) is 21.1 Å². The van der Waals surface area contributed by atoms with Crippen molar-refractivity contribution >= 4 is 7.82 Å². The predicted octanol–water partition coefficient (Wildman–Crippen LogP) is 1.86. The van der Waals surface area contributed by atoms with Crippen molar-refractivity contribution in [3.63, 3.8) is 0 Å². The van der Waals surface area contributed by atoms with E-state index >= 15 is 0 Å². The summed E-state index contributed by atoms with van der Waals surface area (Å²) >= 11 is 0. The molecule has 0 amide bonds. The molecule has 114 valence electrons. The molecule has 1 N–H and O–H groups in total. The Labute approximate surface area is 121 Å². The number of hydrogen-bond acceptors (Lipinski definition) is 3. The molecule has 0 heterocycles. The molecule has 0 bridgehead atoms. The van der Waals surface area contributed by atoms with Gasteiger partial charge in [-0.25, -0.2) is 0 Å². The van der Waals surface area contributed by atoms with E-state index in [0.29, 0.717) is 11.0 Å². The first-order valence-electron chi connectivity index (χ1n) is 6.73. The number of nitrogens with zero attached hydrogens (tertiary/aromatic N) is 1. The zero-order valence-electron chi connectivity index (χ0n) is 12.6.